The molecule has 0 aliphatic rings. The highest BCUT2D eigenvalue weighted by Crippen LogP contribution is 2.38. The van der Waals surface area contributed by atoms with Gasteiger partial charge in [-0.1, -0.05) is 26.8 Å². The van der Waals surface area contributed by atoms with Crippen molar-refractivity contribution in [2.75, 3.05) is 10.6 Å². The van der Waals surface area contributed by atoms with Crippen LogP contribution in [0.4, 0.5) is 42.1 Å². The molecule has 0 aliphatic carbocycles. The molecule has 2 N–H and O–H groups in total. The number of amides is 2. The summed E-state index contributed by atoms with van der Waals surface area (Å²) in [5.74, 6) is -11.4. The second-order valence-electron chi connectivity index (χ2n) is 8.57. The zero-order chi connectivity index (χ0) is 26.0. The molecule has 0 aromatic heterocycles. The molecule has 0 spiro atoms. The van der Waals surface area contributed by atoms with E-state index in [4.69, 9.17) is 0 Å². The Bertz CT molecular complexity index is 1070. The topological polar surface area (TPSA) is 58.2 Å². The van der Waals surface area contributed by atoms with Crippen molar-refractivity contribution in [2.24, 2.45) is 5.41 Å². The van der Waals surface area contributed by atoms with Crippen LogP contribution in [0.3, 0.4) is 0 Å². The predicted molar refractivity (Wildman–Crippen MR) is 114 cm³/mol. The van der Waals surface area contributed by atoms with Crippen molar-refractivity contribution in [3.63, 3.8) is 0 Å². The first-order valence-electron chi connectivity index (χ1n) is 9.82. The van der Waals surface area contributed by atoms with Crippen molar-refractivity contribution >= 4 is 35.0 Å². The average molecular weight is 510 g/mol. The van der Waals surface area contributed by atoms with E-state index in [1.165, 1.54) is 13.0 Å². The number of hydrogen-bond acceptors (Lipinski definition) is 3. The van der Waals surface area contributed by atoms with Crippen molar-refractivity contribution in [1.82, 2.24) is 0 Å². The van der Waals surface area contributed by atoms with Gasteiger partial charge in [0.1, 0.15) is 11.3 Å². The van der Waals surface area contributed by atoms with Gasteiger partial charge in [-0.25, -0.2) is 17.6 Å². The molecule has 0 radical (unpaired) electrons. The highest BCUT2D eigenvalue weighted by molar-refractivity contribution is 8.00. The molecule has 1 unspecified atom stereocenters. The van der Waals surface area contributed by atoms with Crippen molar-refractivity contribution in [3.05, 3.63) is 53.1 Å². The third-order valence-corrected chi connectivity index (χ3v) is 5.38. The number of rotatable bonds is 6. The molecule has 2 rings (SSSR count). The molecule has 0 fully saturated rings. The highest BCUT2D eigenvalue weighted by Gasteiger charge is 2.42. The van der Waals surface area contributed by atoms with Crippen LogP contribution in [0.15, 0.2) is 29.2 Å². The normalized spacial score (nSPS) is 12.9. The van der Waals surface area contributed by atoms with Crippen LogP contribution in [0, 0.1) is 28.7 Å². The third-order valence-electron chi connectivity index (χ3n) is 4.29. The van der Waals surface area contributed by atoms with Crippen molar-refractivity contribution < 1.29 is 40.3 Å². The van der Waals surface area contributed by atoms with Gasteiger partial charge in [-0.15, -0.1) is 11.8 Å². The van der Waals surface area contributed by atoms with Gasteiger partial charge >= 0.3 is 6.18 Å². The lowest BCUT2D eigenvalue weighted by Gasteiger charge is -2.18. The first-order chi connectivity index (χ1) is 15.5. The van der Waals surface area contributed by atoms with Gasteiger partial charge in [0.25, 0.3) is 0 Å². The van der Waals surface area contributed by atoms with E-state index in [0.29, 0.717) is 10.6 Å². The van der Waals surface area contributed by atoms with Gasteiger partial charge in [0.2, 0.25) is 11.8 Å². The minimum atomic E-state index is -5.69. The minimum absolute atomic E-state index is 0.238. The van der Waals surface area contributed by atoms with Gasteiger partial charge in [-0.05, 0) is 30.5 Å². The maximum Gasteiger partial charge on any atom is 0.422 e. The molecule has 1 atom stereocenters. The van der Waals surface area contributed by atoms with Gasteiger partial charge in [-0.2, -0.15) is 13.2 Å². The van der Waals surface area contributed by atoms with Crippen LogP contribution in [0.25, 0.3) is 0 Å². The first kappa shape index (κ1) is 27.5. The fourth-order valence-corrected chi connectivity index (χ4v) is 3.73. The lowest BCUT2D eigenvalue weighted by atomic mass is 9.92. The van der Waals surface area contributed by atoms with Crippen LogP contribution in [0.1, 0.15) is 39.7 Å². The summed E-state index contributed by atoms with van der Waals surface area (Å²) in [7, 11) is 0. The van der Waals surface area contributed by atoms with Crippen LogP contribution < -0.4 is 10.6 Å². The number of benzene rings is 2. The third kappa shape index (κ3) is 6.87. The lowest BCUT2D eigenvalue weighted by molar-refractivity contribution is -0.143. The van der Waals surface area contributed by atoms with Gasteiger partial charge < -0.3 is 10.6 Å². The number of hydrogen-bond donors (Lipinski definition) is 2. The molecule has 2 aromatic rings. The Labute approximate surface area is 195 Å². The Morgan fingerprint density at radius 2 is 1.50 bits per heavy atom. The van der Waals surface area contributed by atoms with E-state index in [1.807, 2.05) is 20.8 Å². The number of halogens is 7. The molecule has 0 aliphatic heterocycles. The monoisotopic (exact) mass is 510 g/mol. The van der Waals surface area contributed by atoms with Crippen LogP contribution in [0.5, 0.6) is 0 Å². The number of alkyl halides is 3. The second-order valence-corrected chi connectivity index (χ2v) is 9.98. The summed E-state index contributed by atoms with van der Waals surface area (Å²) in [6.07, 6.45) is -5.44. The summed E-state index contributed by atoms with van der Waals surface area (Å²) >= 11 is 0.877. The molecule has 0 saturated heterocycles. The van der Waals surface area contributed by atoms with E-state index in [0.717, 1.165) is 11.8 Å². The van der Waals surface area contributed by atoms with Crippen LogP contribution >= 0.6 is 11.8 Å². The Morgan fingerprint density at radius 1 is 0.941 bits per heavy atom. The van der Waals surface area contributed by atoms with Crippen molar-refractivity contribution in [3.8, 4) is 0 Å². The summed E-state index contributed by atoms with van der Waals surface area (Å²) in [6.45, 7) is 6.97. The highest BCUT2D eigenvalue weighted by atomic mass is 32.2. The van der Waals surface area contributed by atoms with E-state index in [9.17, 15) is 40.3 Å². The van der Waals surface area contributed by atoms with Crippen LogP contribution in [-0.2, 0) is 15.8 Å². The van der Waals surface area contributed by atoms with E-state index >= 15 is 0 Å². The van der Waals surface area contributed by atoms with E-state index in [-0.39, 0.29) is 17.7 Å². The van der Waals surface area contributed by atoms with Crippen LogP contribution in [0.2, 0.25) is 0 Å². The molecule has 2 aromatic carbocycles. The summed E-state index contributed by atoms with van der Waals surface area (Å²) in [5, 5.41) is 3.21. The predicted octanol–water partition coefficient (Wildman–Crippen LogP) is 6.76. The Morgan fingerprint density at radius 3 is 2.00 bits per heavy atom. The molecular formula is C22H21F7N2O2S. The second kappa shape index (κ2) is 10.2. The van der Waals surface area contributed by atoms with Gasteiger partial charge in [0, 0.05) is 17.0 Å². The molecule has 4 nitrogen and oxygen atoms in total. The molecule has 12 heteroatoms. The maximum absolute atomic E-state index is 14.0. The SMILES string of the molecule is CC(Sc1cccc(NC(=O)CC(C)(C)C)c1)C(=O)Nc1c(F)c(F)c(C(F)(F)F)c(F)c1F. The molecule has 2 amide bonds. The number of thioether (sulfide) groups is 1. The van der Waals surface area contributed by atoms with Crippen LogP contribution in [-0.4, -0.2) is 17.1 Å². The molecule has 0 heterocycles. The van der Waals surface area contributed by atoms with Gasteiger partial charge in [-0.3, -0.25) is 9.59 Å². The lowest BCUT2D eigenvalue weighted by Crippen LogP contribution is -2.25. The number of anilines is 2. The standard InChI is InChI=1S/C22H21F7N2O2S/c1-10(34-12-7-5-6-11(8-12)30-13(32)9-21(2,3)4)20(33)31-19-17(25)15(23)14(22(27,28)29)16(24)18(19)26/h5-8,10H,9H2,1-4H3,(H,30,32)(H,31,33). The molecule has 186 valence electrons. The van der Waals surface area contributed by atoms with E-state index in [1.54, 1.807) is 23.5 Å². The zero-order valence-corrected chi connectivity index (χ0v) is 19.3. The fourth-order valence-electron chi connectivity index (χ4n) is 2.81. The number of nitrogens with one attached hydrogen (secondary N) is 2. The number of carbonyl (C=O) groups is 2. The summed E-state index contributed by atoms with van der Waals surface area (Å²) in [4.78, 5) is 24.9. The largest absolute Gasteiger partial charge is 0.422 e. The quantitative estimate of drug-likeness (QED) is 0.257. The smallest absolute Gasteiger partial charge is 0.326 e. The van der Waals surface area contributed by atoms with Crippen molar-refractivity contribution in [1.29, 1.82) is 0 Å². The van der Waals surface area contributed by atoms with Crippen molar-refractivity contribution in [2.45, 2.75) is 50.4 Å². The Kier molecular flexibility index (Phi) is 8.28. The number of carbonyl (C=O) groups excluding carboxylic acids is 2. The molecule has 0 saturated carbocycles. The minimum Gasteiger partial charge on any atom is -0.326 e. The maximum atomic E-state index is 14.0. The first-order valence-corrected chi connectivity index (χ1v) is 10.7. The molecule has 34 heavy (non-hydrogen) atoms. The Hall–Kier alpha value is -2.76. The van der Waals surface area contributed by atoms with E-state index in [2.05, 4.69) is 5.32 Å². The van der Waals surface area contributed by atoms with Gasteiger partial charge in [0.05, 0.1) is 5.25 Å². The molecule has 0 bridgehead atoms. The van der Waals surface area contributed by atoms with Gasteiger partial charge in [0.15, 0.2) is 23.3 Å². The Balaban J connectivity index is 2.17. The zero-order valence-electron chi connectivity index (χ0n) is 18.5. The summed E-state index contributed by atoms with van der Waals surface area (Å²) in [6, 6.07) is 6.30. The summed E-state index contributed by atoms with van der Waals surface area (Å²) < 4.78 is 93.7. The average Bonchev–Trinajstić information content (AvgIpc) is 2.67. The van der Waals surface area contributed by atoms with E-state index < -0.39 is 51.9 Å². The molecular weight excluding hydrogens is 489 g/mol. The summed E-state index contributed by atoms with van der Waals surface area (Å²) in [5.41, 5.74) is -4.21. The fraction of sp³-hybridized carbons (Fsp3) is 0.364.